The van der Waals surface area contributed by atoms with Crippen molar-refractivity contribution in [3.05, 3.63) is 11.6 Å². The van der Waals surface area contributed by atoms with E-state index < -0.39 is 6.09 Å². The van der Waals surface area contributed by atoms with Gasteiger partial charge in [0.2, 0.25) is 0 Å². The highest BCUT2D eigenvalue weighted by atomic mass is 16.6. The lowest BCUT2D eigenvalue weighted by molar-refractivity contribution is -0.00777. The van der Waals surface area contributed by atoms with Crippen LogP contribution in [0.3, 0.4) is 0 Å². The van der Waals surface area contributed by atoms with E-state index in [4.69, 9.17) is 14.6 Å². The lowest BCUT2D eigenvalue weighted by Gasteiger charge is -2.39. The maximum absolute atomic E-state index is 10.4. The maximum atomic E-state index is 10.4. The predicted octanol–water partition coefficient (Wildman–Crippen LogP) is 4.40. The molecule has 1 saturated carbocycles. The fraction of sp³-hybridized carbons (Fsp3) is 0.875. The Balaban J connectivity index is 0.000000177. The van der Waals surface area contributed by atoms with Crippen LogP contribution in [0, 0.1) is 11.8 Å². The molecule has 172 valence electrons. The number of epoxide rings is 1. The molecule has 4 fully saturated rings. The van der Waals surface area contributed by atoms with Gasteiger partial charge in [-0.1, -0.05) is 24.5 Å². The first-order chi connectivity index (χ1) is 14.3. The van der Waals surface area contributed by atoms with Crippen LogP contribution in [0.25, 0.3) is 0 Å². The molecular weight excluding hydrogens is 380 g/mol. The Kier molecular flexibility index (Phi) is 8.22. The molecule has 3 heterocycles. The van der Waals surface area contributed by atoms with E-state index >= 15 is 0 Å². The lowest BCUT2D eigenvalue weighted by atomic mass is 9.76. The van der Waals surface area contributed by atoms with Crippen LogP contribution in [0.15, 0.2) is 11.6 Å². The Bertz CT molecular complexity index is 596. The first-order valence-corrected chi connectivity index (χ1v) is 11.9. The predicted molar refractivity (Wildman–Crippen MR) is 119 cm³/mol. The van der Waals surface area contributed by atoms with Gasteiger partial charge >= 0.3 is 6.09 Å². The largest absolute Gasteiger partial charge is 0.465 e. The third-order valence-electron chi connectivity index (χ3n) is 7.49. The van der Waals surface area contributed by atoms with Crippen LogP contribution < -0.4 is 0 Å². The average molecular weight is 423 g/mol. The Hall–Kier alpha value is -1.11. The van der Waals surface area contributed by atoms with Crippen molar-refractivity contribution in [2.45, 2.75) is 83.5 Å². The van der Waals surface area contributed by atoms with Crippen molar-refractivity contribution in [2.24, 2.45) is 11.8 Å². The number of hydrogen-bond donors (Lipinski definition) is 1. The molecule has 1 amide bonds. The normalized spacial score (nSPS) is 33.6. The summed E-state index contributed by atoms with van der Waals surface area (Å²) in [7, 11) is 1.85. The SMILES string of the molecule is COC1CCCCC1C1(C)OC1CC=C(C)C.O=C(O)N1CC(CCN2CCC2)C1. The van der Waals surface area contributed by atoms with E-state index in [9.17, 15) is 4.79 Å². The highest BCUT2D eigenvalue weighted by Gasteiger charge is 2.58. The molecule has 0 aromatic heterocycles. The van der Waals surface area contributed by atoms with Crippen molar-refractivity contribution < 1.29 is 19.4 Å². The van der Waals surface area contributed by atoms with Crippen LogP contribution in [0.5, 0.6) is 0 Å². The van der Waals surface area contributed by atoms with Gasteiger partial charge in [-0.2, -0.15) is 0 Å². The van der Waals surface area contributed by atoms with Crippen molar-refractivity contribution in [3.63, 3.8) is 0 Å². The molecule has 0 radical (unpaired) electrons. The fourth-order valence-electron chi connectivity index (χ4n) is 5.14. The van der Waals surface area contributed by atoms with Crippen molar-refractivity contribution in [1.82, 2.24) is 9.80 Å². The number of amides is 1. The van der Waals surface area contributed by atoms with Gasteiger partial charge in [0, 0.05) is 26.1 Å². The summed E-state index contributed by atoms with van der Waals surface area (Å²) in [6, 6.07) is 0. The van der Waals surface area contributed by atoms with Gasteiger partial charge in [-0.3, -0.25) is 0 Å². The molecule has 0 aromatic rings. The Morgan fingerprint density at radius 3 is 2.47 bits per heavy atom. The molecule has 6 heteroatoms. The number of likely N-dealkylation sites (tertiary alicyclic amines) is 2. The van der Waals surface area contributed by atoms with E-state index in [1.807, 2.05) is 7.11 Å². The van der Waals surface area contributed by atoms with Crippen LogP contribution in [0.1, 0.15) is 65.7 Å². The standard InChI is InChI=1S/C15H26O2.C9H16N2O2/c1-11(2)9-10-14-15(3,17-14)12-7-5-6-8-13(12)16-4;12-9(13)11-6-8(7-11)2-5-10-3-1-4-10/h9,12-14H,5-8,10H2,1-4H3;8H,1-7H2,(H,12,13). The third kappa shape index (κ3) is 5.98. The van der Waals surface area contributed by atoms with Gasteiger partial charge in [-0.25, -0.2) is 4.79 Å². The second-order valence-electron chi connectivity index (χ2n) is 10.0. The topological polar surface area (TPSA) is 65.5 Å². The quantitative estimate of drug-likeness (QED) is 0.487. The number of carbonyl (C=O) groups is 1. The summed E-state index contributed by atoms with van der Waals surface area (Å²) in [5.41, 5.74) is 1.46. The van der Waals surface area contributed by atoms with E-state index in [0.717, 1.165) is 26.1 Å². The van der Waals surface area contributed by atoms with Gasteiger partial charge in [0.15, 0.2) is 0 Å². The zero-order valence-electron chi connectivity index (χ0n) is 19.4. The van der Waals surface area contributed by atoms with Crippen molar-refractivity contribution >= 4 is 6.09 Å². The van der Waals surface area contributed by atoms with Gasteiger partial charge in [0.1, 0.15) is 0 Å². The van der Waals surface area contributed by atoms with Crippen LogP contribution in [0.2, 0.25) is 0 Å². The maximum Gasteiger partial charge on any atom is 0.407 e. The summed E-state index contributed by atoms with van der Waals surface area (Å²) in [5, 5.41) is 8.60. The van der Waals surface area contributed by atoms with Crippen molar-refractivity contribution in [3.8, 4) is 0 Å². The third-order valence-corrected chi connectivity index (χ3v) is 7.49. The number of carboxylic acid groups (broad SMARTS) is 1. The molecule has 3 aliphatic heterocycles. The highest BCUT2D eigenvalue weighted by Crippen LogP contribution is 2.50. The number of allylic oxidation sites excluding steroid dienone is 1. The molecular formula is C24H42N2O4. The van der Waals surface area contributed by atoms with Crippen molar-refractivity contribution in [1.29, 1.82) is 0 Å². The molecule has 6 nitrogen and oxygen atoms in total. The van der Waals surface area contributed by atoms with E-state index in [-0.39, 0.29) is 5.60 Å². The van der Waals surface area contributed by atoms with Crippen LogP contribution in [-0.4, -0.2) is 78.6 Å². The summed E-state index contributed by atoms with van der Waals surface area (Å²) < 4.78 is 11.7. The van der Waals surface area contributed by atoms with E-state index in [2.05, 4.69) is 31.7 Å². The molecule has 0 aromatic carbocycles. The van der Waals surface area contributed by atoms with Crippen LogP contribution >= 0.6 is 0 Å². The highest BCUT2D eigenvalue weighted by molar-refractivity contribution is 5.65. The lowest BCUT2D eigenvalue weighted by Crippen LogP contribution is -2.50. The molecule has 4 unspecified atom stereocenters. The van der Waals surface area contributed by atoms with E-state index in [1.54, 1.807) is 0 Å². The van der Waals surface area contributed by atoms with Gasteiger partial charge in [-0.15, -0.1) is 0 Å². The molecule has 4 atom stereocenters. The molecule has 30 heavy (non-hydrogen) atoms. The molecule has 1 N–H and O–H groups in total. The number of ether oxygens (including phenoxy) is 2. The van der Waals surface area contributed by atoms with E-state index in [1.165, 1.54) is 62.1 Å². The van der Waals surface area contributed by atoms with Gasteiger partial charge in [0.25, 0.3) is 0 Å². The summed E-state index contributed by atoms with van der Waals surface area (Å²) in [4.78, 5) is 14.4. The molecule has 3 saturated heterocycles. The zero-order chi connectivity index (χ0) is 21.7. The smallest absolute Gasteiger partial charge is 0.407 e. The summed E-state index contributed by atoms with van der Waals surface area (Å²) in [6.45, 7) is 11.7. The van der Waals surface area contributed by atoms with Gasteiger partial charge in [-0.05, 0) is 78.4 Å². The molecule has 0 spiro atoms. The monoisotopic (exact) mass is 422 g/mol. The molecule has 4 aliphatic rings. The first-order valence-electron chi connectivity index (χ1n) is 11.9. The molecule has 4 rings (SSSR count). The summed E-state index contributed by atoms with van der Waals surface area (Å²) in [6.07, 6.45) is 11.0. The summed E-state index contributed by atoms with van der Waals surface area (Å²) in [5.74, 6) is 1.22. The van der Waals surface area contributed by atoms with Gasteiger partial charge in [0.05, 0.1) is 17.8 Å². The second-order valence-corrected chi connectivity index (χ2v) is 10.0. The van der Waals surface area contributed by atoms with Crippen LogP contribution in [0.4, 0.5) is 4.79 Å². The minimum Gasteiger partial charge on any atom is -0.465 e. The Morgan fingerprint density at radius 2 is 1.90 bits per heavy atom. The fourth-order valence-corrected chi connectivity index (χ4v) is 5.14. The minimum atomic E-state index is -0.764. The second kappa shape index (κ2) is 10.5. The summed E-state index contributed by atoms with van der Waals surface area (Å²) >= 11 is 0. The number of methoxy groups -OCH3 is 1. The zero-order valence-corrected chi connectivity index (χ0v) is 19.4. The average Bonchev–Trinajstić information content (AvgIpc) is 3.32. The molecule has 1 aliphatic carbocycles. The van der Waals surface area contributed by atoms with E-state index in [0.29, 0.717) is 24.0 Å². The number of hydrogen-bond acceptors (Lipinski definition) is 4. The Labute approximate surface area is 182 Å². The molecule has 0 bridgehead atoms. The first kappa shape index (κ1) is 23.6. The van der Waals surface area contributed by atoms with Crippen LogP contribution in [-0.2, 0) is 9.47 Å². The van der Waals surface area contributed by atoms with Crippen molar-refractivity contribution in [2.75, 3.05) is 39.8 Å². The number of nitrogens with zero attached hydrogens (tertiary/aromatic N) is 2. The number of rotatable bonds is 7. The van der Waals surface area contributed by atoms with Gasteiger partial charge < -0.3 is 24.4 Å². The Morgan fingerprint density at radius 1 is 1.20 bits per heavy atom. The minimum absolute atomic E-state index is 0.0764.